The van der Waals surface area contributed by atoms with Gasteiger partial charge in [-0.25, -0.2) is 4.39 Å². The Morgan fingerprint density at radius 3 is 2.59 bits per heavy atom. The molecular weight excluding hydrogens is 431 g/mol. The third kappa shape index (κ3) is 5.36. The molecule has 7 heteroatoms. The molecule has 0 spiro atoms. The average molecular weight is 459 g/mol. The van der Waals surface area contributed by atoms with Gasteiger partial charge in [0.25, 0.3) is 0 Å². The van der Waals surface area contributed by atoms with E-state index in [2.05, 4.69) is 41.1 Å². The van der Waals surface area contributed by atoms with Crippen molar-refractivity contribution in [1.29, 1.82) is 5.26 Å². The molecule has 0 fully saturated rings. The van der Waals surface area contributed by atoms with E-state index in [1.54, 1.807) is 0 Å². The first-order chi connectivity index (χ1) is 16.4. The van der Waals surface area contributed by atoms with Crippen LogP contribution in [0.15, 0.2) is 66.7 Å². The molecule has 6 nitrogen and oxygen atoms in total. The third-order valence-electron chi connectivity index (χ3n) is 6.17. The minimum Gasteiger partial charge on any atom is -0.481 e. The Hall–Kier alpha value is -3.89. The molecule has 3 atom stereocenters. The lowest BCUT2D eigenvalue weighted by Crippen LogP contribution is -2.45. The van der Waals surface area contributed by atoms with Crippen molar-refractivity contribution in [2.45, 2.75) is 31.3 Å². The molecule has 1 aliphatic rings. The SMILES string of the molecule is C[C@@H](CN[C@H](c1ccccc1)[C@H]1CNc2cc(F)cc(C#N)c2N1)c1ccc(CC(=O)O)cc1. The fourth-order valence-corrected chi connectivity index (χ4v) is 4.36. The first-order valence-electron chi connectivity index (χ1n) is 11.3. The van der Waals surface area contributed by atoms with Crippen molar-refractivity contribution in [3.8, 4) is 6.07 Å². The van der Waals surface area contributed by atoms with Gasteiger partial charge in [-0.1, -0.05) is 61.5 Å². The number of benzene rings is 3. The van der Waals surface area contributed by atoms with E-state index in [4.69, 9.17) is 5.11 Å². The molecule has 3 aromatic rings. The van der Waals surface area contributed by atoms with E-state index in [0.717, 1.165) is 16.7 Å². The van der Waals surface area contributed by atoms with Gasteiger partial charge in [-0.2, -0.15) is 5.26 Å². The van der Waals surface area contributed by atoms with Crippen molar-refractivity contribution < 1.29 is 14.3 Å². The second-order valence-corrected chi connectivity index (χ2v) is 8.63. The molecule has 4 rings (SSSR count). The highest BCUT2D eigenvalue weighted by Crippen LogP contribution is 2.34. The van der Waals surface area contributed by atoms with Crippen LogP contribution in [0.5, 0.6) is 0 Å². The maximum atomic E-state index is 13.9. The van der Waals surface area contributed by atoms with Crippen LogP contribution in [-0.4, -0.2) is 30.2 Å². The maximum absolute atomic E-state index is 13.9. The molecule has 0 aliphatic carbocycles. The van der Waals surface area contributed by atoms with E-state index in [-0.39, 0.29) is 30.0 Å². The number of anilines is 2. The minimum absolute atomic E-state index is 0.0133. The smallest absolute Gasteiger partial charge is 0.307 e. The predicted octanol–water partition coefficient (Wildman–Crippen LogP) is 4.67. The van der Waals surface area contributed by atoms with Crippen LogP contribution < -0.4 is 16.0 Å². The minimum atomic E-state index is -0.842. The monoisotopic (exact) mass is 458 g/mol. The maximum Gasteiger partial charge on any atom is 0.307 e. The highest BCUT2D eigenvalue weighted by atomic mass is 19.1. The lowest BCUT2D eigenvalue weighted by molar-refractivity contribution is -0.136. The molecule has 0 radical (unpaired) electrons. The first kappa shape index (κ1) is 23.3. The molecular formula is C27H27FN4O2. The largest absolute Gasteiger partial charge is 0.481 e. The lowest BCUT2D eigenvalue weighted by Gasteiger charge is -2.36. The number of fused-ring (bicyclic) bond motifs is 1. The van der Waals surface area contributed by atoms with Gasteiger partial charge in [0, 0.05) is 13.1 Å². The van der Waals surface area contributed by atoms with Crippen LogP contribution in [0.25, 0.3) is 0 Å². The van der Waals surface area contributed by atoms with Crippen molar-refractivity contribution in [2.24, 2.45) is 0 Å². The van der Waals surface area contributed by atoms with E-state index in [9.17, 15) is 14.4 Å². The van der Waals surface area contributed by atoms with Crippen molar-refractivity contribution >= 4 is 17.3 Å². The summed E-state index contributed by atoms with van der Waals surface area (Å²) in [5, 5.41) is 28.9. The number of carbonyl (C=O) groups is 1. The van der Waals surface area contributed by atoms with Gasteiger partial charge >= 0.3 is 5.97 Å². The van der Waals surface area contributed by atoms with Crippen LogP contribution in [0.2, 0.25) is 0 Å². The fourth-order valence-electron chi connectivity index (χ4n) is 4.36. The van der Waals surface area contributed by atoms with Crippen LogP contribution in [0.3, 0.4) is 0 Å². The van der Waals surface area contributed by atoms with E-state index in [1.165, 1.54) is 12.1 Å². The predicted molar refractivity (Wildman–Crippen MR) is 130 cm³/mol. The van der Waals surface area contributed by atoms with Crippen LogP contribution in [0.4, 0.5) is 15.8 Å². The van der Waals surface area contributed by atoms with Gasteiger partial charge in [-0.3, -0.25) is 4.79 Å². The van der Waals surface area contributed by atoms with Crippen LogP contribution in [-0.2, 0) is 11.2 Å². The summed E-state index contributed by atoms with van der Waals surface area (Å²) in [6.45, 7) is 3.38. The van der Waals surface area contributed by atoms with Crippen LogP contribution in [0, 0.1) is 17.1 Å². The number of aliphatic carboxylic acids is 1. The molecule has 0 saturated heterocycles. The Kier molecular flexibility index (Phi) is 7.09. The molecule has 3 aromatic carbocycles. The number of nitrogens with zero attached hydrogens (tertiary/aromatic N) is 1. The van der Waals surface area contributed by atoms with Gasteiger partial charge in [0.1, 0.15) is 11.9 Å². The van der Waals surface area contributed by atoms with Crippen molar-refractivity contribution in [2.75, 3.05) is 23.7 Å². The third-order valence-corrected chi connectivity index (χ3v) is 6.17. The van der Waals surface area contributed by atoms with Gasteiger partial charge in [-0.15, -0.1) is 0 Å². The zero-order valence-electron chi connectivity index (χ0n) is 18.9. The van der Waals surface area contributed by atoms with Crippen LogP contribution in [0.1, 0.15) is 41.1 Å². The molecule has 34 heavy (non-hydrogen) atoms. The van der Waals surface area contributed by atoms with Gasteiger partial charge in [0.2, 0.25) is 0 Å². The zero-order valence-corrected chi connectivity index (χ0v) is 18.9. The number of rotatable bonds is 8. The molecule has 1 heterocycles. The lowest BCUT2D eigenvalue weighted by atomic mass is 9.94. The molecule has 0 bridgehead atoms. The Labute approximate surface area is 198 Å². The number of halogens is 1. The van der Waals surface area contributed by atoms with Crippen molar-refractivity contribution in [3.63, 3.8) is 0 Å². The Morgan fingerprint density at radius 1 is 1.18 bits per heavy atom. The van der Waals surface area contributed by atoms with Gasteiger partial charge < -0.3 is 21.1 Å². The second kappa shape index (κ2) is 10.4. The summed E-state index contributed by atoms with van der Waals surface area (Å²) in [6, 6.07) is 22.4. The molecule has 0 amide bonds. The second-order valence-electron chi connectivity index (χ2n) is 8.63. The normalized spacial score (nSPS) is 16.3. The van der Waals surface area contributed by atoms with E-state index in [0.29, 0.717) is 24.5 Å². The topological polar surface area (TPSA) is 97.2 Å². The summed E-state index contributed by atoms with van der Waals surface area (Å²) >= 11 is 0. The van der Waals surface area contributed by atoms with Crippen molar-refractivity contribution in [3.05, 3.63) is 94.8 Å². The highest BCUT2D eigenvalue weighted by Gasteiger charge is 2.29. The number of nitrogens with one attached hydrogen (secondary N) is 3. The summed E-state index contributed by atoms with van der Waals surface area (Å²) in [6.07, 6.45) is 0.0133. The summed E-state index contributed by atoms with van der Waals surface area (Å²) in [5.41, 5.74) is 4.48. The molecule has 0 unspecified atom stereocenters. The number of nitriles is 1. The Morgan fingerprint density at radius 2 is 1.91 bits per heavy atom. The zero-order chi connectivity index (χ0) is 24.1. The molecule has 174 valence electrons. The highest BCUT2D eigenvalue weighted by molar-refractivity contribution is 5.78. The molecule has 1 aliphatic heterocycles. The summed E-state index contributed by atoms with van der Waals surface area (Å²) < 4.78 is 13.9. The van der Waals surface area contributed by atoms with Gasteiger partial charge in [0.05, 0.1) is 35.4 Å². The quantitative estimate of drug-likeness (QED) is 0.392. The molecule has 4 N–H and O–H groups in total. The number of carboxylic acid groups (broad SMARTS) is 1. The van der Waals surface area contributed by atoms with Crippen LogP contribution >= 0.6 is 0 Å². The number of carboxylic acids is 1. The molecule has 0 saturated carbocycles. The standard InChI is InChI=1S/C27H27FN4O2/c1-17(19-9-7-18(8-10-19)11-25(33)34)15-31-26(20-5-3-2-4-6-20)24-16-30-23-13-22(28)12-21(14-29)27(23)32-24/h2-10,12-13,17,24,26,30-32H,11,15-16H2,1H3,(H,33,34)/t17-,24+,26+/m0/s1. The molecule has 0 aromatic heterocycles. The summed E-state index contributed by atoms with van der Waals surface area (Å²) in [4.78, 5) is 10.9. The van der Waals surface area contributed by atoms with E-state index in [1.807, 2.05) is 42.5 Å². The van der Waals surface area contributed by atoms with Gasteiger partial charge in [0.15, 0.2) is 0 Å². The average Bonchev–Trinajstić information content (AvgIpc) is 2.84. The van der Waals surface area contributed by atoms with Gasteiger partial charge in [-0.05, 0) is 34.7 Å². The first-order valence-corrected chi connectivity index (χ1v) is 11.3. The number of hydrogen-bond acceptors (Lipinski definition) is 5. The summed E-state index contributed by atoms with van der Waals surface area (Å²) in [5.74, 6) is -1.09. The van der Waals surface area contributed by atoms with Crippen molar-refractivity contribution in [1.82, 2.24) is 5.32 Å². The fraction of sp³-hybridized carbons (Fsp3) is 0.259. The van der Waals surface area contributed by atoms with E-state index >= 15 is 0 Å². The Bertz CT molecular complexity index is 1190. The van der Waals surface area contributed by atoms with E-state index < -0.39 is 11.8 Å². The summed E-state index contributed by atoms with van der Waals surface area (Å²) in [7, 11) is 0. The number of hydrogen-bond donors (Lipinski definition) is 4. The Balaban J connectivity index is 1.52.